The van der Waals surface area contributed by atoms with Gasteiger partial charge in [-0.1, -0.05) is 38.1 Å². The van der Waals surface area contributed by atoms with Crippen LogP contribution in [0.15, 0.2) is 24.3 Å². The lowest BCUT2D eigenvalue weighted by Crippen LogP contribution is -2.39. The fourth-order valence-corrected chi connectivity index (χ4v) is 3.80. The number of nitrogens with two attached hydrogens (primary N) is 1. The lowest BCUT2D eigenvalue weighted by molar-refractivity contribution is -0.258. The van der Waals surface area contributed by atoms with E-state index in [1.807, 2.05) is 20.8 Å². The zero-order valence-electron chi connectivity index (χ0n) is 17.9. The number of aromatic nitrogens is 2. The topological polar surface area (TPSA) is 101 Å². The summed E-state index contributed by atoms with van der Waals surface area (Å²) < 4.78 is 38.7. The molecule has 168 valence electrons. The second-order valence-electron chi connectivity index (χ2n) is 6.88. The van der Waals surface area contributed by atoms with Crippen LogP contribution in [-0.4, -0.2) is 27.4 Å². The summed E-state index contributed by atoms with van der Waals surface area (Å²) in [5.74, 6) is -0.408. The summed E-state index contributed by atoms with van der Waals surface area (Å²) in [5.41, 5.74) is 5.39. The Kier molecular flexibility index (Phi) is 7.28. The number of nitrogens with zero attached hydrogens (tertiary/aromatic N) is 2. The summed E-state index contributed by atoms with van der Waals surface area (Å²) in [7, 11) is 0. The molecule has 1 amide bonds. The van der Waals surface area contributed by atoms with Gasteiger partial charge in [0, 0.05) is 11.9 Å². The number of nitrogen functional groups attached to an aromatic ring is 1. The highest BCUT2D eigenvalue weighted by atomic mass is 32.1. The molecule has 2 heterocycles. The first kappa shape index (κ1) is 24.5. The van der Waals surface area contributed by atoms with E-state index in [1.54, 1.807) is 6.92 Å². The minimum Gasteiger partial charge on any atom is -0.397 e. The fourth-order valence-electron chi connectivity index (χ4n) is 2.78. The van der Waals surface area contributed by atoms with Crippen molar-refractivity contribution in [3.63, 3.8) is 0 Å². The van der Waals surface area contributed by atoms with E-state index in [0.29, 0.717) is 33.3 Å². The molecule has 0 fully saturated rings. The summed E-state index contributed by atoms with van der Waals surface area (Å²) in [6.45, 7) is 8.44. The highest BCUT2D eigenvalue weighted by molar-refractivity contribution is 7.21. The van der Waals surface area contributed by atoms with Crippen LogP contribution in [0.5, 0.6) is 0 Å². The first-order valence-corrected chi connectivity index (χ1v) is 10.4. The van der Waals surface area contributed by atoms with Crippen LogP contribution in [0.3, 0.4) is 0 Å². The second-order valence-corrected chi connectivity index (χ2v) is 7.88. The molecule has 1 aromatic carbocycles. The number of alkyl halides is 3. The summed E-state index contributed by atoms with van der Waals surface area (Å²) in [5, 5.41) is 21.2. The highest BCUT2D eigenvalue weighted by Gasteiger charge is 2.51. The number of hydrogen-bond donors (Lipinski definition) is 3. The normalized spacial score (nSPS) is 13.3. The van der Waals surface area contributed by atoms with Gasteiger partial charge < -0.3 is 16.2 Å². The summed E-state index contributed by atoms with van der Waals surface area (Å²) in [6, 6.07) is 5.21. The van der Waals surface area contributed by atoms with Crippen molar-refractivity contribution in [2.24, 2.45) is 0 Å². The van der Waals surface area contributed by atoms with Crippen molar-refractivity contribution in [1.29, 1.82) is 0 Å². The predicted octanol–water partition coefficient (Wildman–Crippen LogP) is 4.62. The third kappa shape index (κ3) is 4.80. The van der Waals surface area contributed by atoms with E-state index in [0.717, 1.165) is 22.6 Å². The molecule has 3 rings (SSSR count). The number of fused-ring (bicyclic) bond motifs is 1. The standard InChI is InChI=1S/C19H19F3N4O2S.C2H6/c1-9-10(2)25-26-17-13(9)14(23)15(29-17)16(27)24-8-11-4-6-12(7-5-11)18(3,28)19(20,21)22;1-2/h4-7,28H,8,23H2,1-3H3,(H,24,27);1-2H3. The average Bonchev–Trinajstić information content (AvgIpc) is 3.07. The van der Waals surface area contributed by atoms with Gasteiger partial charge in [-0.25, -0.2) is 0 Å². The van der Waals surface area contributed by atoms with Gasteiger partial charge in [-0.2, -0.15) is 18.3 Å². The SMILES string of the molecule is CC.Cc1nnc2sc(C(=O)NCc3ccc(C(C)(O)C(F)(F)F)cc3)c(N)c2c1C. The van der Waals surface area contributed by atoms with Gasteiger partial charge in [-0.15, -0.1) is 16.4 Å². The molecule has 4 N–H and O–H groups in total. The van der Waals surface area contributed by atoms with E-state index in [-0.39, 0.29) is 12.1 Å². The maximum atomic E-state index is 12.9. The molecule has 0 aliphatic heterocycles. The Labute approximate surface area is 182 Å². The van der Waals surface area contributed by atoms with Gasteiger partial charge in [0.2, 0.25) is 0 Å². The monoisotopic (exact) mass is 454 g/mol. The third-order valence-corrected chi connectivity index (χ3v) is 5.95. The van der Waals surface area contributed by atoms with E-state index >= 15 is 0 Å². The van der Waals surface area contributed by atoms with Gasteiger partial charge in [0.15, 0.2) is 5.60 Å². The molecule has 0 aliphatic rings. The van der Waals surface area contributed by atoms with Crippen molar-refractivity contribution >= 4 is 33.1 Å². The molecular weight excluding hydrogens is 429 g/mol. The predicted molar refractivity (Wildman–Crippen MR) is 116 cm³/mol. The number of hydrogen-bond acceptors (Lipinski definition) is 6. The Morgan fingerprint density at radius 1 is 1.16 bits per heavy atom. The van der Waals surface area contributed by atoms with Gasteiger partial charge in [-0.3, -0.25) is 4.79 Å². The minimum atomic E-state index is -4.79. The molecule has 6 nitrogen and oxygen atoms in total. The number of carbonyl (C=O) groups is 1. The van der Waals surface area contributed by atoms with E-state index in [2.05, 4.69) is 15.5 Å². The third-order valence-electron chi connectivity index (χ3n) is 4.86. The van der Waals surface area contributed by atoms with Gasteiger partial charge in [0.25, 0.3) is 5.91 Å². The molecule has 0 radical (unpaired) electrons. The Hall–Kier alpha value is -2.72. The zero-order chi connectivity index (χ0) is 23.6. The lowest BCUT2D eigenvalue weighted by Gasteiger charge is -2.26. The van der Waals surface area contributed by atoms with Crippen LogP contribution in [0.25, 0.3) is 10.2 Å². The first-order valence-electron chi connectivity index (χ1n) is 9.62. The maximum Gasteiger partial charge on any atom is 0.421 e. The number of benzene rings is 1. The molecule has 1 unspecified atom stereocenters. The van der Waals surface area contributed by atoms with E-state index in [1.165, 1.54) is 24.3 Å². The Bertz CT molecular complexity index is 1080. The molecule has 0 saturated carbocycles. The van der Waals surface area contributed by atoms with Crippen LogP contribution >= 0.6 is 11.3 Å². The van der Waals surface area contributed by atoms with Gasteiger partial charge >= 0.3 is 6.18 Å². The van der Waals surface area contributed by atoms with Gasteiger partial charge in [-0.05, 0) is 37.5 Å². The number of nitrogens with one attached hydrogen (secondary N) is 1. The molecule has 3 aromatic rings. The molecule has 0 spiro atoms. The van der Waals surface area contributed by atoms with Crippen molar-refractivity contribution in [3.05, 3.63) is 51.5 Å². The molecule has 1 atom stereocenters. The van der Waals surface area contributed by atoms with Crippen LogP contribution in [0.1, 0.15) is 52.8 Å². The number of carbonyl (C=O) groups excluding carboxylic acids is 1. The van der Waals surface area contributed by atoms with Crippen LogP contribution in [0.4, 0.5) is 18.9 Å². The van der Waals surface area contributed by atoms with Crippen molar-refractivity contribution in [1.82, 2.24) is 15.5 Å². The van der Waals surface area contributed by atoms with Crippen molar-refractivity contribution in [2.45, 2.75) is 52.9 Å². The number of aliphatic hydroxyl groups is 1. The van der Waals surface area contributed by atoms with Crippen molar-refractivity contribution < 1.29 is 23.1 Å². The molecule has 0 aliphatic carbocycles. The molecule has 0 saturated heterocycles. The van der Waals surface area contributed by atoms with Crippen LogP contribution in [0.2, 0.25) is 0 Å². The number of rotatable bonds is 4. The minimum absolute atomic E-state index is 0.0879. The summed E-state index contributed by atoms with van der Waals surface area (Å²) in [4.78, 5) is 13.4. The largest absolute Gasteiger partial charge is 0.421 e. The number of amides is 1. The smallest absolute Gasteiger partial charge is 0.397 e. The van der Waals surface area contributed by atoms with Crippen molar-refractivity contribution in [3.8, 4) is 0 Å². The fraction of sp³-hybridized carbons (Fsp3) is 0.381. The molecule has 10 heteroatoms. The van der Waals surface area contributed by atoms with Crippen LogP contribution in [-0.2, 0) is 12.1 Å². The molecular formula is C21H25F3N4O2S. The molecule has 0 bridgehead atoms. The maximum absolute atomic E-state index is 12.9. The second kappa shape index (κ2) is 9.19. The van der Waals surface area contributed by atoms with Gasteiger partial charge in [0.1, 0.15) is 9.71 Å². The molecule has 31 heavy (non-hydrogen) atoms. The Balaban J connectivity index is 0.00000166. The van der Waals surface area contributed by atoms with Crippen LogP contribution < -0.4 is 11.1 Å². The summed E-state index contributed by atoms with van der Waals surface area (Å²) >= 11 is 1.13. The highest BCUT2D eigenvalue weighted by Crippen LogP contribution is 2.38. The molecule has 2 aromatic heterocycles. The van der Waals surface area contributed by atoms with Gasteiger partial charge in [0.05, 0.1) is 11.4 Å². The number of thiophene rings is 1. The Morgan fingerprint density at radius 3 is 2.29 bits per heavy atom. The lowest BCUT2D eigenvalue weighted by atomic mass is 9.94. The zero-order valence-corrected chi connectivity index (χ0v) is 18.7. The van der Waals surface area contributed by atoms with Crippen molar-refractivity contribution in [2.75, 3.05) is 5.73 Å². The van der Waals surface area contributed by atoms with E-state index < -0.39 is 17.7 Å². The number of anilines is 1. The number of aryl methyl sites for hydroxylation is 2. The van der Waals surface area contributed by atoms with E-state index in [9.17, 15) is 23.1 Å². The Morgan fingerprint density at radius 2 is 1.74 bits per heavy atom. The quantitative estimate of drug-likeness (QED) is 0.534. The average molecular weight is 455 g/mol. The van der Waals surface area contributed by atoms with Crippen LogP contribution in [0, 0.1) is 13.8 Å². The first-order chi connectivity index (χ1) is 14.4. The summed E-state index contributed by atoms with van der Waals surface area (Å²) in [6.07, 6.45) is -4.79. The van der Waals surface area contributed by atoms with E-state index in [4.69, 9.17) is 5.73 Å². The number of halogens is 3.